The van der Waals surface area contributed by atoms with Gasteiger partial charge in [0.25, 0.3) is 0 Å². The number of hydrogen-bond acceptors (Lipinski definition) is 7. The molecule has 0 saturated carbocycles. The lowest BCUT2D eigenvalue weighted by Crippen LogP contribution is -2.48. The number of rotatable bonds is 5. The molecule has 0 spiro atoms. The smallest absolute Gasteiger partial charge is 0.450 e. The molecule has 0 aromatic heterocycles. The summed E-state index contributed by atoms with van der Waals surface area (Å²) in [6.45, 7) is -0.911. The molecule has 0 aliphatic heterocycles. The number of aliphatic hydroxyl groups excluding tert-OH is 5. The standard InChI is InChI=1S/C6H15NO5.CH2O3/c7-1-3(9)5(11)6(12)4(10)2-8;2-1(3)4/h3-6,8-12H,1-2,7H2;(H2,2,3,4)/t3-,4+,5+,6+;/m0./s1. The van der Waals surface area contributed by atoms with E-state index in [9.17, 15) is 0 Å². The van der Waals surface area contributed by atoms with E-state index in [-0.39, 0.29) is 6.54 Å². The normalized spacial score (nSPS) is 17.6. The van der Waals surface area contributed by atoms with Crippen LogP contribution in [-0.2, 0) is 0 Å². The Balaban J connectivity index is 0. The number of nitrogens with two attached hydrogens (primary N) is 1. The summed E-state index contributed by atoms with van der Waals surface area (Å²) in [6.07, 6.45) is -7.74. The summed E-state index contributed by atoms with van der Waals surface area (Å²) in [6, 6.07) is 0. The molecule has 9 nitrogen and oxygen atoms in total. The second-order valence-corrected chi connectivity index (χ2v) is 2.82. The molecular weight excluding hydrogens is 226 g/mol. The molecule has 0 aromatic rings. The number of hydrogen-bond donors (Lipinski definition) is 8. The van der Waals surface area contributed by atoms with Crippen molar-refractivity contribution in [2.45, 2.75) is 24.4 Å². The second kappa shape index (κ2) is 9.27. The van der Waals surface area contributed by atoms with Gasteiger partial charge in [-0.3, -0.25) is 0 Å². The van der Waals surface area contributed by atoms with Crippen LogP contribution in [0.25, 0.3) is 0 Å². The van der Waals surface area contributed by atoms with Crippen LogP contribution in [0, 0.1) is 0 Å². The van der Waals surface area contributed by atoms with Crippen LogP contribution in [-0.4, -0.2) is 79.5 Å². The number of carboxylic acid groups (broad SMARTS) is 2. The van der Waals surface area contributed by atoms with Crippen molar-refractivity contribution >= 4 is 6.16 Å². The first kappa shape index (κ1) is 17.4. The molecule has 0 heterocycles. The van der Waals surface area contributed by atoms with Gasteiger partial charge < -0.3 is 41.5 Å². The van der Waals surface area contributed by atoms with Gasteiger partial charge in [-0.05, 0) is 0 Å². The molecule has 0 saturated heterocycles. The zero-order valence-corrected chi connectivity index (χ0v) is 8.34. The molecule has 98 valence electrons. The van der Waals surface area contributed by atoms with Crippen molar-refractivity contribution in [3.8, 4) is 0 Å². The highest BCUT2D eigenvalue weighted by molar-refractivity contribution is 5.53. The van der Waals surface area contributed by atoms with Crippen molar-refractivity contribution in [3.05, 3.63) is 0 Å². The van der Waals surface area contributed by atoms with Crippen molar-refractivity contribution in [2.24, 2.45) is 5.73 Å². The predicted octanol–water partition coefficient (Wildman–Crippen LogP) is -3.40. The Morgan fingerprint density at radius 3 is 1.56 bits per heavy atom. The van der Waals surface area contributed by atoms with Crippen molar-refractivity contribution in [1.29, 1.82) is 0 Å². The molecule has 0 amide bonds. The summed E-state index contributed by atoms with van der Waals surface area (Å²) < 4.78 is 0. The summed E-state index contributed by atoms with van der Waals surface area (Å²) in [5.41, 5.74) is 4.99. The van der Waals surface area contributed by atoms with Crippen molar-refractivity contribution in [3.63, 3.8) is 0 Å². The summed E-state index contributed by atoms with van der Waals surface area (Å²) >= 11 is 0. The van der Waals surface area contributed by atoms with Crippen LogP contribution in [0.1, 0.15) is 0 Å². The Hall–Kier alpha value is -0.970. The monoisotopic (exact) mass is 243 g/mol. The van der Waals surface area contributed by atoms with E-state index < -0.39 is 37.2 Å². The Kier molecular flexibility index (Phi) is 10.1. The van der Waals surface area contributed by atoms with E-state index in [1.54, 1.807) is 0 Å². The van der Waals surface area contributed by atoms with Gasteiger partial charge in [-0.1, -0.05) is 0 Å². The van der Waals surface area contributed by atoms with Gasteiger partial charge in [-0.2, -0.15) is 0 Å². The Labute approximate surface area is 91.0 Å². The Morgan fingerprint density at radius 1 is 1.00 bits per heavy atom. The second-order valence-electron chi connectivity index (χ2n) is 2.82. The fourth-order valence-corrected chi connectivity index (χ4v) is 0.703. The molecule has 0 fully saturated rings. The minimum atomic E-state index is -1.83. The Bertz CT molecular complexity index is 171. The zero-order chi connectivity index (χ0) is 13.3. The lowest BCUT2D eigenvalue weighted by atomic mass is 10.0. The molecule has 0 aliphatic rings. The fourth-order valence-electron chi connectivity index (χ4n) is 0.703. The summed E-state index contributed by atoms with van der Waals surface area (Å²) in [4.78, 5) is 8.56. The van der Waals surface area contributed by atoms with Crippen molar-refractivity contribution in [1.82, 2.24) is 0 Å². The molecule has 9 N–H and O–H groups in total. The highest BCUT2D eigenvalue weighted by atomic mass is 16.6. The average molecular weight is 243 g/mol. The third kappa shape index (κ3) is 8.35. The fraction of sp³-hybridized carbons (Fsp3) is 0.857. The average Bonchev–Trinajstić information content (AvgIpc) is 2.24. The highest BCUT2D eigenvalue weighted by Crippen LogP contribution is 2.03. The molecule has 0 bridgehead atoms. The van der Waals surface area contributed by atoms with Crippen molar-refractivity contribution < 1.29 is 40.5 Å². The maximum atomic E-state index is 9.04. The van der Waals surface area contributed by atoms with E-state index in [1.807, 2.05) is 0 Å². The van der Waals surface area contributed by atoms with Crippen LogP contribution in [0.3, 0.4) is 0 Å². The first-order chi connectivity index (χ1) is 7.27. The SMILES string of the molecule is NC[C@H](O)[C@@H](O)[C@H](O)[C@H](O)CO.O=C(O)O. The largest absolute Gasteiger partial charge is 0.503 e. The maximum absolute atomic E-state index is 9.04. The first-order valence-electron chi connectivity index (χ1n) is 4.23. The quantitative estimate of drug-likeness (QED) is 0.243. The van der Waals surface area contributed by atoms with Crippen LogP contribution in [0.5, 0.6) is 0 Å². The molecule has 0 aliphatic carbocycles. The molecule has 0 radical (unpaired) electrons. The molecule has 4 atom stereocenters. The third-order valence-electron chi connectivity index (χ3n) is 1.57. The zero-order valence-electron chi connectivity index (χ0n) is 8.34. The van der Waals surface area contributed by atoms with E-state index in [1.165, 1.54) is 0 Å². The van der Waals surface area contributed by atoms with Gasteiger partial charge in [-0.25, -0.2) is 4.79 Å². The molecule has 0 unspecified atom stereocenters. The third-order valence-corrected chi connectivity index (χ3v) is 1.57. The van der Waals surface area contributed by atoms with E-state index in [2.05, 4.69) is 0 Å². The van der Waals surface area contributed by atoms with Crippen LogP contribution in [0.15, 0.2) is 0 Å². The molecule has 0 aromatic carbocycles. The molecule has 0 rings (SSSR count). The highest BCUT2D eigenvalue weighted by Gasteiger charge is 2.28. The van der Waals surface area contributed by atoms with Gasteiger partial charge in [0, 0.05) is 6.54 Å². The van der Waals surface area contributed by atoms with Gasteiger partial charge >= 0.3 is 6.16 Å². The first-order valence-corrected chi connectivity index (χ1v) is 4.23. The topological polar surface area (TPSA) is 185 Å². The van der Waals surface area contributed by atoms with E-state index >= 15 is 0 Å². The van der Waals surface area contributed by atoms with E-state index in [0.717, 1.165) is 0 Å². The van der Waals surface area contributed by atoms with Gasteiger partial charge in [0.05, 0.1) is 12.7 Å². The molecular formula is C7H17NO8. The van der Waals surface area contributed by atoms with Crippen LogP contribution in [0.4, 0.5) is 4.79 Å². The lowest BCUT2D eigenvalue weighted by Gasteiger charge is -2.24. The van der Waals surface area contributed by atoms with Gasteiger partial charge in [0.2, 0.25) is 0 Å². The number of aliphatic hydroxyl groups is 5. The Morgan fingerprint density at radius 2 is 1.31 bits per heavy atom. The van der Waals surface area contributed by atoms with Crippen molar-refractivity contribution in [2.75, 3.05) is 13.2 Å². The van der Waals surface area contributed by atoms with Gasteiger partial charge in [0.15, 0.2) is 0 Å². The maximum Gasteiger partial charge on any atom is 0.503 e. The lowest BCUT2D eigenvalue weighted by molar-refractivity contribution is -0.112. The number of carbonyl (C=O) groups is 1. The summed E-state index contributed by atoms with van der Waals surface area (Å²) in [5, 5.41) is 58.1. The van der Waals surface area contributed by atoms with Crippen LogP contribution < -0.4 is 5.73 Å². The van der Waals surface area contributed by atoms with Crippen LogP contribution in [0.2, 0.25) is 0 Å². The minimum Gasteiger partial charge on any atom is -0.450 e. The van der Waals surface area contributed by atoms with Crippen LogP contribution >= 0.6 is 0 Å². The minimum absolute atomic E-state index is 0.226. The summed E-state index contributed by atoms with van der Waals surface area (Å²) in [5.74, 6) is 0. The van der Waals surface area contributed by atoms with E-state index in [4.69, 9.17) is 46.3 Å². The predicted molar refractivity (Wildman–Crippen MR) is 50.8 cm³/mol. The summed E-state index contributed by atoms with van der Waals surface area (Å²) in [7, 11) is 0. The molecule has 9 heteroatoms. The van der Waals surface area contributed by atoms with Gasteiger partial charge in [-0.15, -0.1) is 0 Å². The van der Waals surface area contributed by atoms with Gasteiger partial charge in [0.1, 0.15) is 18.3 Å². The van der Waals surface area contributed by atoms with E-state index in [0.29, 0.717) is 0 Å². The molecule has 16 heavy (non-hydrogen) atoms.